The van der Waals surface area contributed by atoms with Gasteiger partial charge in [0.05, 0.1) is 66.1 Å². The minimum atomic E-state index is -0.955. The van der Waals surface area contributed by atoms with E-state index in [9.17, 15) is 14.4 Å². The van der Waals surface area contributed by atoms with Crippen LogP contribution in [0.5, 0.6) is 0 Å². The van der Waals surface area contributed by atoms with Crippen LogP contribution in [-0.2, 0) is 33.2 Å². The molecule has 0 radical (unpaired) electrons. The van der Waals surface area contributed by atoms with E-state index in [4.69, 9.17) is 34.2 Å². The van der Waals surface area contributed by atoms with Gasteiger partial charge in [-0.3, -0.25) is 4.79 Å². The van der Waals surface area contributed by atoms with Crippen molar-refractivity contribution < 1.29 is 42.8 Å². The van der Waals surface area contributed by atoms with E-state index >= 15 is 0 Å². The summed E-state index contributed by atoms with van der Waals surface area (Å²) in [6.45, 7) is 6.63. The molecule has 0 saturated heterocycles. The summed E-state index contributed by atoms with van der Waals surface area (Å²) in [6.07, 6.45) is -0.649. The second-order valence-electron chi connectivity index (χ2n) is 7.75. The number of ether oxygens (including phenoxy) is 6. The fourth-order valence-corrected chi connectivity index (χ4v) is 2.85. The molecule has 1 rings (SSSR count). The predicted octanol–water partition coefficient (Wildman–Crippen LogP) is 0.531. The molecule has 13 nitrogen and oxygen atoms in total. The molecule has 216 valence electrons. The van der Waals surface area contributed by atoms with Crippen LogP contribution in [0.4, 0.5) is 10.5 Å². The zero-order valence-corrected chi connectivity index (χ0v) is 22.3. The third-order valence-electron chi connectivity index (χ3n) is 4.89. The molecule has 0 aliphatic carbocycles. The third kappa shape index (κ3) is 16.1. The zero-order valence-electron chi connectivity index (χ0n) is 22.3. The highest BCUT2D eigenvalue weighted by Gasteiger charge is 2.23. The van der Waals surface area contributed by atoms with E-state index < -0.39 is 24.0 Å². The van der Waals surface area contributed by atoms with E-state index in [2.05, 4.69) is 16.0 Å². The molecule has 0 aliphatic heterocycles. The summed E-state index contributed by atoms with van der Waals surface area (Å²) >= 11 is 0. The predicted molar refractivity (Wildman–Crippen MR) is 140 cm³/mol. The minimum Gasteiger partial charge on any atom is -0.388 e. The van der Waals surface area contributed by atoms with Crippen LogP contribution in [0.3, 0.4) is 0 Å². The average Bonchev–Trinajstić information content (AvgIpc) is 2.93. The summed E-state index contributed by atoms with van der Waals surface area (Å²) < 4.78 is 31.4. The molecule has 1 unspecified atom stereocenters. The highest BCUT2D eigenvalue weighted by Crippen LogP contribution is 2.09. The summed E-state index contributed by atoms with van der Waals surface area (Å²) in [5, 5.41) is 7.96. The fourth-order valence-electron chi connectivity index (χ4n) is 2.85. The molecule has 0 fully saturated rings. The standard InChI is InChI=1S/C25H42N4O9/c1-3-22(29-23(30)20-4-6-21(27-2)7-5-20)24(31)38-25(32)28-9-11-34-13-15-36-17-19-37-18-16-35-14-12-33-10-8-26/h4-7,22,27H,3,8-19,26H2,1-2H3,(H,28,32)(H,29,30). The van der Waals surface area contributed by atoms with Gasteiger partial charge in [0.2, 0.25) is 0 Å². The van der Waals surface area contributed by atoms with Crippen LogP contribution in [0.2, 0.25) is 0 Å². The van der Waals surface area contributed by atoms with Crippen molar-refractivity contribution in [1.29, 1.82) is 0 Å². The van der Waals surface area contributed by atoms with Crippen LogP contribution in [0, 0.1) is 0 Å². The van der Waals surface area contributed by atoms with Crippen LogP contribution < -0.4 is 21.7 Å². The molecule has 1 aromatic carbocycles. The fraction of sp³-hybridized carbons (Fsp3) is 0.640. The smallest absolute Gasteiger partial charge is 0.388 e. The van der Waals surface area contributed by atoms with Gasteiger partial charge >= 0.3 is 12.1 Å². The number of anilines is 1. The molecule has 1 atom stereocenters. The van der Waals surface area contributed by atoms with E-state index in [1.165, 1.54) is 0 Å². The van der Waals surface area contributed by atoms with Crippen LogP contribution in [0.1, 0.15) is 23.7 Å². The summed E-state index contributed by atoms with van der Waals surface area (Å²) in [5.74, 6) is -1.28. The SMILES string of the molecule is CCC(NC(=O)c1ccc(NC)cc1)C(=O)OC(=O)NCCOCCOCCOCCOCCOCCN. The van der Waals surface area contributed by atoms with Gasteiger partial charge in [-0.2, -0.15) is 0 Å². The lowest BCUT2D eigenvalue weighted by Crippen LogP contribution is -2.43. The summed E-state index contributed by atoms with van der Waals surface area (Å²) in [6, 6.07) is 5.79. The molecule has 0 bridgehead atoms. The van der Waals surface area contributed by atoms with Crippen molar-refractivity contribution in [2.75, 3.05) is 91.5 Å². The Labute approximate surface area is 224 Å². The van der Waals surface area contributed by atoms with Crippen molar-refractivity contribution in [1.82, 2.24) is 10.6 Å². The van der Waals surface area contributed by atoms with Gasteiger partial charge in [-0.15, -0.1) is 0 Å². The molecule has 0 aliphatic rings. The number of hydrogen-bond acceptors (Lipinski definition) is 11. The summed E-state index contributed by atoms with van der Waals surface area (Å²) in [4.78, 5) is 36.5. The lowest BCUT2D eigenvalue weighted by molar-refractivity contribution is -0.139. The summed E-state index contributed by atoms with van der Waals surface area (Å²) in [5.41, 5.74) is 6.55. The Morgan fingerprint density at radius 2 is 1.29 bits per heavy atom. The van der Waals surface area contributed by atoms with Crippen molar-refractivity contribution in [3.05, 3.63) is 29.8 Å². The van der Waals surface area contributed by atoms with Gasteiger partial charge in [-0.1, -0.05) is 6.92 Å². The number of alkyl carbamates (subject to hydrolysis) is 1. The van der Waals surface area contributed by atoms with Crippen LogP contribution in [0.25, 0.3) is 0 Å². The number of carbonyl (C=O) groups is 3. The molecule has 0 heterocycles. The number of esters is 1. The molecule has 13 heteroatoms. The number of rotatable bonds is 22. The molecule has 5 N–H and O–H groups in total. The third-order valence-corrected chi connectivity index (χ3v) is 4.89. The summed E-state index contributed by atoms with van der Waals surface area (Å²) in [7, 11) is 1.77. The monoisotopic (exact) mass is 542 g/mol. The number of nitrogens with two attached hydrogens (primary N) is 1. The van der Waals surface area contributed by atoms with E-state index in [0.29, 0.717) is 71.6 Å². The van der Waals surface area contributed by atoms with Crippen molar-refractivity contribution in [3.63, 3.8) is 0 Å². The normalized spacial score (nSPS) is 11.6. The molecule has 38 heavy (non-hydrogen) atoms. The largest absolute Gasteiger partial charge is 0.415 e. The maximum atomic E-state index is 12.4. The van der Waals surface area contributed by atoms with E-state index in [1.807, 2.05) is 0 Å². The van der Waals surface area contributed by atoms with Gasteiger partial charge in [0.25, 0.3) is 5.91 Å². The van der Waals surface area contributed by atoms with Gasteiger partial charge < -0.3 is 50.1 Å². The first-order valence-electron chi connectivity index (χ1n) is 12.7. The molecule has 0 spiro atoms. The first-order valence-corrected chi connectivity index (χ1v) is 12.7. The number of benzene rings is 1. The Hall–Kier alpha value is -2.81. The molecule has 0 aromatic heterocycles. The molecule has 2 amide bonds. The second-order valence-corrected chi connectivity index (χ2v) is 7.75. The Balaban J connectivity index is 2.02. The lowest BCUT2D eigenvalue weighted by Gasteiger charge is -2.15. The zero-order chi connectivity index (χ0) is 27.8. The Kier molecular flexibility index (Phi) is 19.4. The van der Waals surface area contributed by atoms with E-state index in [-0.39, 0.29) is 19.6 Å². The van der Waals surface area contributed by atoms with Crippen molar-refractivity contribution in [2.45, 2.75) is 19.4 Å². The second kappa shape index (κ2) is 22.2. The Bertz CT molecular complexity index is 781. The van der Waals surface area contributed by atoms with Gasteiger partial charge in [0.15, 0.2) is 0 Å². The highest BCUT2D eigenvalue weighted by molar-refractivity contribution is 5.98. The number of amides is 2. The van der Waals surface area contributed by atoms with Gasteiger partial charge in [-0.25, -0.2) is 9.59 Å². The number of hydrogen-bond donors (Lipinski definition) is 4. The topological polar surface area (TPSA) is 169 Å². The van der Waals surface area contributed by atoms with Crippen molar-refractivity contribution in [3.8, 4) is 0 Å². The van der Waals surface area contributed by atoms with Crippen LogP contribution >= 0.6 is 0 Å². The highest BCUT2D eigenvalue weighted by atomic mass is 16.6. The van der Waals surface area contributed by atoms with Gasteiger partial charge in [0, 0.05) is 31.4 Å². The number of nitrogens with one attached hydrogen (secondary N) is 3. The van der Waals surface area contributed by atoms with Gasteiger partial charge in [0.1, 0.15) is 6.04 Å². The van der Waals surface area contributed by atoms with Crippen molar-refractivity contribution in [2.24, 2.45) is 5.73 Å². The molecule has 0 saturated carbocycles. The first kappa shape index (κ1) is 33.2. The Morgan fingerprint density at radius 1 is 0.789 bits per heavy atom. The van der Waals surface area contributed by atoms with Gasteiger partial charge in [-0.05, 0) is 30.7 Å². The van der Waals surface area contributed by atoms with Crippen LogP contribution in [-0.4, -0.2) is 110 Å². The lowest BCUT2D eigenvalue weighted by atomic mass is 10.1. The number of carbonyl (C=O) groups excluding carboxylic acids is 3. The van der Waals surface area contributed by atoms with Crippen LogP contribution in [0.15, 0.2) is 24.3 Å². The minimum absolute atomic E-state index is 0.146. The quantitative estimate of drug-likeness (QED) is 0.0916. The van der Waals surface area contributed by atoms with E-state index in [0.717, 1.165) is 5.69 Å². The average molecular weight is 543 g/mol. The Morgan fingerprint density at radius 3 is 1.76 bits per heavy atom. The molecular weight excluding hydrogens is 500 g/mol. The molecule has 1 aromatic rings. The first-order chi connectivity index (χ1) is 18.5. The van der Waals surface area contributed by atoms with Crippen molar-refractivity contribution >= 4 is 23.7 Å². The van der Waals surface area contributed by atoms with E-state index in [1.54, 1.807) is 38.2 Å². The maximum Gasteiger partial charge on any atom is 0.415 e. The maximum absolute atomic E-state index is 12.4. The molecular formula is C25H42N4O9.